The van der Waals surface area contributed by atoms with Gasteiger partial charge in [0, 0.05) is 26.3 Å². The molecule has 1 aliphatic rings. The summed E-state index contributed by atoms with van der Waals surface area (Å²) in [4.78, 5) is 13.4. The Labute approximate surface area is 126 Å². The Morgan fingerprint density at radius 1 is 1.33 bits per heavy atom. The molecule has 1 atom stereocenters. The van der Waals surface area contributed by atoms with E-state index in [1.807, 2.05) is 24.3 Å². The van der Waals surface area contributed by atoms with E-state index < -0.39 is 0 Å². The van der Waals surface area contributed by atoms with Gasteiger partial charge in [-0.05, 0) is 30.4 Å². The van der Waals surface area contributed by atoms with Gasteiger partial charge in [0.05, 0.1) is 6.61 Å². The van der Waals surface area contributed by atoms with Gasteiger partial charge in [-0.25, -0.2) is 0 Å². The van der Waals surface area contributed by atoms with Gasteiger partial charge in [-0.3, -0.25) is 4.79 Å². The second kappa shape index (κ2) is 7.38. The molecule has 0 bridgehead atoms. The molecule has 114 valence electrons. The molecule has 0 N–H and O–H groups in total. The highest BCUT2D eigenvalue weighted by Gasteiger charge is 2.14. The van der Waals surface area contributed by atoms with E-state index in [0.717, 1.165) is 37.0 Å². The van der Waals surface area contributed by atoms with Gasteiger partial charge >= 0.3 is 0 Å². The van der Waals surface area contributed by atoms with Crippen LogP contribution in [0.3, 0.4) is 0 Å². The molecule has 0 saturated carbocycles. The summed E-state index contributed by atoms with van der Waals surface area (Å²) >= 11 is 0. The van der Waals surface area contributed by atoms with Crippen LogP contribution in [0.2, 0.25) is 0 Å². The molecule has 0 aromatic heterocycles. The normalized spacial score (nSPS) is 18.3. The Morgan fingerprint density at radius 2 is 2.05 bits per heavy atom. The number of nitrogens with zero attached hydrogens (tertiary/aromatic N) is 1. The van der Waals surface area contributed by atoms with Crippen LogP contribution in [0.25, 0.3) is 5.57 Å². The van der Waals surface area contributed by atoms with Crippen molar-refractivity contribution in [2.75, 3.05) is 20.7 Å². The molecule has 0 radical (unpaired) electrons. The lowest BCUT2D eigenvalue weighted by molar-refractivity contribution is -0.168. The molecule has 1 saturated heterocycles. The third-order valence-electron chi connectivity index (χ3n) is 3.54. The number of rotatable bonds is 5. The highest BCUT2D eigenvalue weighted by molar-refractivity contribution is 6.18. The summed E-state index contributed by atoms with van der Waals surface area (Å²) in [5.41, 5.74) is 2.41. The fraction of sp³-hybridized carbons (Fsp3) is 0.471. The summed E-state index contributed by atoms with van der Waals surface area (Å²) in [6.45, 7) is 5.17. The molecule has 2 rings (SSSR count). The van der Waals surface area contributed by atoms with E-state index >= 15 is 0 Å². The summed E-state index contributed by atoms with van der Waals surface area (Å²) in [7, 11) is 3.44. The summed E-state index contributed by atoms with van der Waals surface area (Å²) < 4.78 is 11.3. The van der Waals surface area contributed by atoms with Crippen LogP contribution >= 0.6 is 0 Å². The topological polar surface area (TPSA) is 38.8 Å². The van der Waals surface area contributed by atoms with Crippen LogP contribution in [-0.2, 0) is 20.9 Å². The number of hydrogen-bond donors (Lipinski definition) is 0. The molecule has 1 fully saturated rings. The van der Waals surface area contributed by atoms with E-state index in [-0.39, 0.29) is 12.2 Å². The van der Waals surface area contributed by atoms with Crippen molar-refractivity contribution in [3.8, 4) is 0 Å². The van der Waals surface area contributed by atoms with Crippen molar-refractivity contribution in [3.05, 3.63) is 42.0 Å². The van der Waals surface area contributed by atoms with Crippen molar-refractivity contribution in [3.63, 3.8) is 0 Å². The van der Waals surface area contributed by atoms with Crippen LogP contribution < -0.4 is 0 Å². The summed E-state index contributed by atoms with van der Waals surface area (Å²) in [5, 5.41) is 0. The van der Waals surface area contributed by atoms with Crippen LogP contribution in [-0.4, -0.2) is 37.8 Å². The molecule has 21 heavy (non-hydrogen) atoms. The number of carbonyl (C=O) groups excluding carboxylic acids is 1. The van der Waals surface area contributed by atoms with Crippen LogP contribution in [0.1, 0.15) is 30.4 Å². The first-order valence-electron chi connectivity index (χ1n) is 7.31. The lowest BCUT2D eigenvalue weighted by atomic mass is 10.0. The largest absolute Gasteiger partial charge is 0.353 e. The molecule has 1 aromatic carbocycles. The monoisotopic (exact) mass is 289 g/mol. The van der Waals surface area contributed by atoms with Crippen molar-refractivity contribution in [2.24, 2.45) is 0 Å². The minimum Gasteiger partial charge on any atom is -0.353 e. The lowest BCUT2D eigenvalue weighted by Crippen LogP contribution is -2.22. The molecular weight excluding hydrogens is 266 g/mol. The summed E-state index contributed by atoms with van der Waals surface area (Å²) in [5.74, 6) is -0.0744. The Bertz CT molecular complexity index is 487. The average molecular weight is 289 g/mol. The maximum Gasteiger partial charge on any atom is 0.253 e. The highest BCUT2D eigenvalue weighted by Crippen LogP contribution is 2.18. The van der Waals surface area contributed by atoms with Gasteiger partial charge in [0.1, 0.15) is 0 Å². The van der Waals surface area contributed by atoms with Crippen LogP contribution in [0, 0.1) is 0 Å². The number of amides is 1. The Balaban J connectivity index is 1.89. The second-order valence-electron chi connectivity index (χ2n) is 5.48. The molecule has 1 heterocycles. The van der Waals surface area contributed by atoms with E-state index in [2.05, 4.69) is 6.58 Å². The fourth-order valence-electron chi connectivity index (χ4n) is 2.23. The van der Waals surface area contributed by atoms with Crippen LogP contribution in [0.15, 0.2) is 30.8 Å². The minimum absolute atomic E-state index is 0.0744. The average Bonchev–Trinajstić information content (AvgIpc) is 2.53. The van der Waals surface area contributed by atoms with Gasteiger partial charge in [0.25, 0.3) is 5.91 Å². The Hall–Kier alpha value is -1.65. The SMILES string of the molecule is C=C(C(=O)N(C)C)c1ccc(COC2CCCCO2)cc1. The smallest absolute Gasteiger partial charge is 0.253 e. The van der Waals surface area contributed by atoms with E-state index in [1.54, 1.807) is 14.1 Å². The number of carbonyl (C=O) groups is 1. The summed E-state index contributed by atoms with van der Waals surface area (Å²) in [6.07, 6.45) is 3.17. The molecule has 1 aromatic rings. The van der Waals surface area contributed by atoms with Gasteiger partial charge < -0.3 is 14.4 Å². The van der Waals surface area contributed by atoms with Gasteiger partial charge in [0.2, 0.25) is 0 Å². The zero-order chi connectivity index (χ0) is 15.2. The molecule has 0 spiro atoms. The Kier molecular flexibility index (Phi) is 5.53. The Morgan fingerprint density at radius 3 is 2.62 bits per heavy atom. The number of likely N-dealkylation sites (N-methyl/N-ethyl adjacent to an activating group) is 1. The standard InChI is InChI=1S/C17H23NO3/c1-13(17(19)18(2)3)15-9-7-14(8-10-15)12-21-16-6-4-5-11-20-16/h7-10,16H,1,4-6,11-12H2,2-3H3. The highest BCUT2D eigenvalue weighted by atomic mass is 16.7. The predicted octanol–water partition coefficient (Wildman–Crippen LogP) is 2.83. The van der Waals surface area contributed by atoms with Crippen molar-refractivity contribution in [2.45, 2.75) is 32.2 Å². The van der Waals surface area contributed by atoms with Gasteiger partial charge in [0.15, 0.2) is 6.29 Å². The van der Waals surface area contributed by atoms with Gasteiger partial charge in [-0.15, -0.1) is 0 Å². The molecule has 0 aliphatic carbocycles. The molecule has 4 heteroatoms. The second-order valence-corrected chi connectivity index (χ2v) is 5.48. The first-order valence-corrected chi connectivity index (χ1v) is 7.31. The maximum atomic E-state index is 11.8. The maximum absolute atomic E-state index is 11.8. The molecule has 1 aliphatic heterocycles. The fourth-order valence-corrected chi connectivity index (χ4v) is 2.23. The van der Waals surface area contributed by atoms with Crippen LogP contribution in [0.5, 0.6) is 0 Å². The van der Waals surface area contributed by atoms with Crippen molar-refractivity contribution in [1.29, 1.82) is 0 Å². The number of benzene rings is 1. The molecule has 4 nitrogen and oxygen atoms in total. The summed E-state index contributed by atoms with van der Waals surface area (Å²) in [6, 6.07) is 7.74. The van der Waals surface area contributed by atoms with Crippen molar-refractivity contribution >= 4 is 11.5 Å². The minimum atomic E-state index is -0.0799. The van der Waals surface area contributed by atoms with E-state index in [0.29, 0.717) is 12.2 Å². The first kappa shape index (κ1) is 15.7. The number of ether oxygens (including phenoxy) is 2. The predicted molar refractivity (Wildman–Crippen MR) is 82.6 cm³/mol. The third-order valence-corrected chi connectivity index (χ3v) is 3.54. The number of hydrogen-bond acceptors (Lipinski definition) is 3. The van der Waals surface area contributed by atoms with Crippen LogP contribution in [0.4, 0.5) is 0 Å². The molecule has 1 amide bonds. The zero-order valence-corrected chi connectivity index (χ0v) is 12.8. The van der Waals surface area contributed by atoms with Crippen molar-refractivity contribution in [1.82, 2.24) is 4.90 Å². The third kappa shape index (κ3) is 4.41. The van der Waals surface area contributed by atoms with E-state index in [1.165, 1.54) is 4.90 Å². The first-order chi connectivity index (χ1) is 10.1. The lowest BCUT2D eigenvalue weighted by Gasteiger charge is -2.22. The zero-order valence-electron chi connectivity index (χ0n) is 12.8. The van der Waals surface area contributed by atoms with Crippen molar-refractivity contribution < 1.29 is 14.3 Å². The molecule has 1 unspecified atom stereocenters. The van der Waals surface area contributed by atoms with Gasteiger partial charge in [-0.1, -0.05) is 30.8 Å². The molecular formula is C17H23NO3. The quantitative estimate of drug-likeness (QED) is 0.782. The van der Waals surface area contributed by atoms with E-state index in [4.69, 9.17) is 9.47 Å². The van der Waals surface area contributed by atoms with Gasteiger partial charge in [-0.2, -0.15) is 0 Å². The van der Waals surface area contributed by atoms with E-state index in [9.17, 15) is 4.79 Å².